The number of carbonyl (C=O) groups is 2. The Bertz CT molecular complexity index is 470. The van der Waals surface area contributed by atoms with Crippen LogP contribution in [0.5, 0.6) is 0 Å². The van der Waals surface area contributed by atoms with E-state index in [0.717, 1.165) is 6.92 Å². The maximum absolute atomic E-state index is 14.8. The Hall–Kier alpha value is -1.40. The van der Waals surface area contributed by atoms with E-state index >= 15 is 0 Å². The van der Waals surface area contributed by atoms with E-state index in [2.05, 4.69) is 10.1 Å². The number of nitrogens with two attached hydrogens (primary N) is 1. The number of hydrogen-bond donors (Lipinski definition) is 5. The van der Waals surface area contributed by atoms with Gasteiger partial charge in [0, 0.05) is 6.92 Å². The summed E-state index contributed by atoms with van der Waals surface area (Å²) >= 11 is 0. The highest BCUT2D eigenvalue weighted by Crippen LogP contribution is 2.35. The summed E-state index contributed by atoms with van der Waals surface area (Å²) in [6.45, 7) is 1.23. The van der Waals surface area contributed by atoms with Crippen LogP contribution >= 0.6 is 0 Å². The second kappa shape index (κ2) is 8.12. The first-order valence-corrected chi connectivity index (χ1v) is 7.27. The number of aliphatic hydroxyl groups is 3. The molecule has 0 saturated carbocycles. The van der Waals surface area contributed by atoms with Gasteiger partial charge in [-0.25, -0.2) is 9.18 Å². The summed E-state index contributed by atoms with van der Waals surface area (Å²) < 4.78 is 38.3. The Morgan fingerprint density at radius 2 is 2.04 bits per heavy atom. The van der Waals surface area contributed by atoms with Gasteiger partial charge in [0.25, 0.3) is 0 Å². The number of carbonyl (C=O) groups excluding carboxylic acids is 2. The Morgan fingerprint density at radius 1 is 1.46 bits per heavy atom. The SMILES string of the molecule is CCOC(=O)[C@]1(F)O[C@@H]([C@@H](O)[C@@H](O)CO)[C@H](NC(C)=O)[C@@H](N)[C@H]1F. The van der Waals surface area contributed by atoms with Crippen LogP contribution < -0.4 is 11.1 Å². The Kier molecular flexibility index (Phi) is 6.98. The van der Waals surface area contributed by atoms with Crippen LogP contribution in [0.4, 0.5) is 8.78 Å². The van der Waals surface area contributed by atoms with E-state index in [0.29, 0.717) is 0 Å². The Labute approximate surface area is 136 Å². The number of amides is 1. The second-order valence-electron chi connectivity index (χ2n) is 5.39. The van der Waals surface area contributed by atoms with Crippen molar-refractivity contribution < 1.29 is 43.2 Å². The van der Waals surface area contributed by atoms with Crippen molar-refractivity contribution in [2.75, 3.05) is 13.2 Å². The van der Waals surface area contributed by atoms with Crippen LogP contribution in [0.1, 0.15) is 13.8 Å². The van der Waals surface area contributed by atoms with Gasteiger partial charge in [-0.3, -0.25) is 4.79 Å². The van der Waals surface area contributed by atoms with Gasteiger partial charge in [0.05, 0.1) is 25.3 Å². The molecule has 1 rings (SSSR count). The second-order valence-corrected chi connectivity index (χ2v) is 5.39. The molecule has 1 fully saturated rings. The van der Waals surface area contributed by atoms with Crippen LogP contribution in [0.2, 0.25) is 0 Å². The first-order valence-electron chi connectivity index (χ1n) is 7.27. The van der Waals surface area contributed by atoms with Crippen molar-refractivity contribution in [1.82, 2.24) is 5.32 Å². The van der Waals surface area contributed by atoms with Crippen LogP contribution in [0, 0.1) is 0 Å². The number of ether oxygens (including phenoxy) is 2. The Balaban J connectivity index is 3.21. The van der Waals surface area contributed by atoms with Crippen molar-refractivity contribution in [3.8, 4) is 0 Å². The van der Waals surface area contributed by atoms with E-state index in [1.165, 1.54) is 6.92 Å². The van der Waals surface area contributed by atoms with Crippen LogP contribution in [-0.2, 0) is 19.1 Å². The largest absolute Gasteiger partial charge is 0.462 e. The molecule has 0 aromatic rings. The van der Waals surface area contributed by atoms with Crippen LogP contribution in [-0.4, -0.2) is 82.8 Å². The fourth-order valence-corrected chi connectivity index (χ4v) is 2.40. The summed E-state index contributed by atoms with van der Waals surface area (Å²) in [5.74, 6) is -6.01. The highest BCUT2D eigenvalue weighted by molar-refractivity contribution is 5.79. The van der Waals surface area contributed by atoms with Crippen molar-refractivity contribution in [3.05, 3.63) is 0 Å². The molecule has 0 spiro atoms. The molecule has 140 valence electrons. The summed E-state index contributed by atoms with van der Waals surface area (Å²) in [6.07, 6.45) is -8.29. The minimum Gasteiger partial charge on any atom is -0.462 e. The molecule has 24 heavy (non-hydrogen) atoms. The average molecular weight is 356 g/mol. The predicted molar refractivity (Wildman–Crippen MR) is 74.9 cm³/mol. The number of aliphatic hydroxyl groups excluding tert-OH is 3. The van der Waals surface area contributed by atoms with E-state index < -0.39 is 60.9 Å². The molecule has 0 aromatic heterocycles. The molecule has 1 saturated heterocycles. The monoisotopic (exact) mass is 356 g/mol. The number of halogens is 2. The smallest absolute Gasteiger partial charge is 0.375 e. The van der Waals surface area contributed by atoms with Crippen molar-refractivity contribution >= 4 is 11.9 Å². The lowest BCUT2D eigenvalue weighted by atomic mass is 9.86. The molecule has 1 amide bonds. The third-order valence-electron chi connectivity index (χ3n) is 3.61. The molecule has 0 radical (unpaired) electrons. The third kappa shape index (κ3) is 3.98. The fourth-order valence-electron chi connectivity index (χ4n) is 2.40. The lowest BCUT2D eigenvalue weighted by molar-refractivity contribution is -0.278. The lowest BCUT2D eigenvalue weighted by Crippen LogP contribution is -2.73. The van der Waals surface area contributed by atoms with Gasteiger partial charge in [-0.15, -0.1) is 0 Å². The summed E-state index contributed by atoms with van der Waals surface area (Å²) in [7, 11) is 0. The molecular formula is C13H22F2N2O7. The number of nitrogens with one attached hydrogen (secondary N) is 1. The zero-order valence-electron chi connectivity index (χ0n) is 13.2. The normalized spacial score (nSPS) is 35.8. The minimum absolute atomic E-state index is 0.266. The van der Waals surface area contributed by atoms with E-state index in [-0.39, 0.29) is 6.61 Å². The highest BCUT2D eigenvalue weighted by Gasteiger charge is 2.62. The highest BCUT2D eigenvalue weighted by atomic mass is 19.2. The minimum atomic E-state index is -3.63. The summed E-state index contributed by atoms with van der Waals surface area (Å²) in [5, 5.41) is 30.6. The van der Waals surface area contributed by atoms with Gasteiger partial charge in [-0.05, 0) is 6.92 Å². The first kappa shape index (κ1) is 20.6. The molecule has 1 aliphatic heterocycles. The predicted octanol–water partition coefficient (Wildman–Crippen LogP) is -2.50. The van der Waals surface area contributed by atoms with Crippen LogP contribution in [0.25, 0.3) is 0 Å². The molecular weight excluding hydrogens is 334 g/mol. The zero-order valence-corrected chi connectivity index (χ0v) is 13.2. The molecule has 6 N–H and O–H groups in total. The van der Waals surface area contributed by atoms with Gasteiger partial charge in [-0.1, -0.05) is 0 Å². The summed E-state index contributed by atoms with van der Waals surface area (Å²) in [5.41, 5.74) is 5.58. The van der Waals surface area contributed by atoms with Gasteiger partial charge in [0.1, 0.15) is 18.3 Å². The standard InChI is InChI=1S/C13H22F2N2O7/c1-3-23-12(22)13(15)11(14)7(16)8(17-5(2)19)10(24-13)9(21)6(20)4-18/h6-11,18,20-21H,3-4,16H2,1-2H3,(H,17,19)/t6-,7+,8+,9-,10+,11+,13+/m0/s1. The zero-order chi connectivity index (χ0) is 18.7. The van der Waals surface area contributed by atoms with E-state index in [9.17, 15) is 28.6 Å². The Morgan fingerprint density at radius 3 is 2.50 bits per heavy atom. The van der Waals surface area contributed by atoms with Crippen molar-refractivity contribution in [2.45, 2.75) is 56.3 Å². The van der Waals surface area contributed by atoms with Gasteiger partial charge in [0.2, 0.25) is 5.91 Å². The van der Waals surface area contributed by atoms with E-state index in [1.54, 1.807) is 0 Å². The molecule has 1 heterocycles. The maximum Gasteiger partial charge on any atom is 0.375 e. The topological polar surface area (TPSA) is 151 Å². The molecule has 9 nitrogen and oxygen atoms in total. The van der Waals surface area contributed by atoms with E-state index in [1.807, 2.05) is 0 Å². The van der Waals surface area contributed by atoms with Crippen molar-refractivity contribution in [3.63, 3.8) is 0 Å². The van der Waals surface area contributed by atoms with Crippen molar-refractivity contribution in [2.24, 2.45) is 5.73 Å². The number of esters is 1. The van der Waals surface area contributed by atoms with Gasteiger partial charge >= 0.3 is 11.8 Å². The maximum atomic E-state index is 14.8. The molecule has 0 aromatic carbocycles. The quantitative estimate of drug-likeness (QED) is 0.328. The van der Waals surface area contributed by atoms with Crippen LogP contribution in [0.15, 0.2) is 0 Å². The molecule has 1 aliphatic rings. The molecule has 0 unspecified atom stereocenters. The molecule has 11 heteroatoms. The molecule has 0 aliphatic carbocycles. The third-order valence-corrected chi connectivity index (χ3v) is 3.61. The van der Waals surface area contributed by atoms with Gasteiger partial charge in [-0.2, -0.15) is 4.39 Å². The number of rotatable bonds is 6. The fraction of sp³-hybridized carbons (Fsp3) is 0.846. The number of alkyl halides is 2. The summed E-state index contributed by atoms with van der Waals surface area (Å²) in [6, 6.07) is -3.25. The van der Waals surface area contributed by atoms with Gasteiger partial charge in [0.15, 0.2) is 6.17 Å². The molecule has 7 atom stereocenters. The first-order chi connectivity index (χ1) is 11.1. The molecule has 0 bridgehead atoms. The van der Waals surface area contributed by atoms with E-state index in [4.69, 9.17) is 15.6 Å². The summed E-state index contributed by atoms with van der Waals surface area (Å²) in [4.78, 5) is 23.0. The van der Waals surface area contributed by atoms with Crippen molar-refractivity contribution in [1.29, 1.82) is 0 Å². The number of hydrogen-bond acceptors (Lipinski definition) is 8. The average Bonchev–Trinajstić information content (AvgIpc) is 2.53. The van der Waals surface area contributed by atoms with Crippen LogP contribution in [0.3, 0.4) is 0 Å². The van der Waals surface area contributed by atoms with Gasteiger partial charge < -0.3 is 35.8 Å². The lowest BCUT2D eigenvalue weighted by Gasteiger charge is -2.46.